The van der Waals surface area contributed by atoms with E-state index >= 15 is 0 Å². The lowest BCUT2D eigenvalue weighted by atomic mass is 9.86. The molecule has 11 aromatic rings. The molecule has 0 saturated carbocycles. The van der Waals surface area contributed by atoms with Crippen LogP contribution in [0.2, 0.25) is 0 Å². The molecule has 3 heterocycles. The number of nitrogens with zero attached hydrogens (tertiary/aromatic N) is 1. The Kier molecular flexibility index (Phi) is 6.44. The van der Waals surface area contributed by atoms with E-state index in [2.05, 4.69) is 185 Å². The quantitative estimate of drug-likeness (QED) is 0.168. The first kappa shape index (κ1) is 31.8. The fourth-order valence-corrected chi connectivity index (χ4v) is 10.2. The van der Waals surface area contributed by atoms with Crippen molar-refractivity contribution in [2.24, 2.45) is 0 Å². The van der Waals surface area contributed by atoms with Gasteiger partial charge in [0.05, 0.1) is 16.6 Å². The van der Waals surface area contributed by atoms with Gasteiger partial charge in [0.1, 0.15) is 0 Å². The lowest BCUT2D eigenvalue weighted by molar-refractivity contribution is 0.590. The van der Waals surface area contributed by atoms with E-state index in [1.807, 2.05) is 11.3 Å². The first-order valence-corrected chi connectivity index (χ1v) is 20.0. The van der Waals surface area contributed by atoms with Gasteiger partial charge in [0.2, 0.25) is 0 Å². The summed E-state index contributed by atoms with van der Waals surface area (Å²) in [7, 11) is 0. The van der Waals surface area contributed by atoms with Crippen LogP contribution < -0.4 is 0 Å². The summed E-state index contributed by atoms with van der Waals surface area (Å²) in [6, 6.07) is 53.4. The zero-order valence-electron chi connectivity index (χ0n) is 31.6. The highest BCUT2D eigenvalue weighted by Crippen LogP contribution is 2.49. The lowest BCUT2D eigenvalue weighted by Gasteiger charge is -2.19. The highest BCUT2D eigenvalue weighted by Gasteiger charge is 2.23. The van der Waals surface area contributed by atoms with E-state index in [0.717, 1.165) is 0 Å². The summed E-state index contributed by atoms with van der Waals surface area (Å²) in [6.07, 6.45) is 0. The molecule has 1 nitrogen and oxygen atoms in total. The number of rotatable bonds is 2. The van der Waals surface area contributed by atoms with Gasteiger partial charge in [-0.2, -0.15) is 0 Å². The summed E-state index contributed by atoms with van der Waals surface area (Å²) < 4.78 is 5.29. The van der Waals surface area contributed by atoms with Gasteiger partial charge in [-0.15, -0.1) is 11.3 Å². The molecule has 0 N–H and O–H groups in total. The second-order valence-electron chi connectivity index (χ2n) is 17.5. The number of fused-ring (bicyclic) bond motifs is 12. The van der Waals surface area contributed by atoms with E-state index in [-0.39, 0.29) is 10.8 Å². The third kappa shape index (κ3) is 4.63. The zero-order chi connectivity index (χ0) is 36.7. The van der Waals surface area contributed by atoms with Crippen LogP contribution in [-0.4, -0.2) is 4.40 Å². The lowest BCUT2D eigenvalue weighted by Crippen LogP contribution is -2.10. The Bertz CT molecular complexity index is 3300. The van der Waals surface area contributed by atoms with Crippen molar-refractivity contribution < 1.29 is 0 Å². The second-order valence-corrected chi connectivity index (χ2v) is 18.5. The fourth-order valence-electron chi connectivity index (χ4n) is 8.95. The van der Waals surface area contributed by atoms with E-state index in [1.54, 1.807) is 0 Å². The molecule has 8 aromatic carbocycles. The minimum absolute atomic E-state index is 0.135. The van der Waals surface area contributed by atoms with Crippen molar-refractivity contribution >= 4 is 91.1 Å². The largest absolute Gasteiger partial charge is 0.308 e. The van der Waals surface area contributed by atoms with E-state index in [4.69, 9.17) is 0 Å². The monoisotopic (exact) mass is 711 g/mol. The molecule has 2 heteroatoms. The number of aromatic nitrogens is 1. The topological polar surface area (TPSA) is 4.41 Å². The van der Waals surface area contributed by atoms with Crippen LogP contribution in [0, 0.1) is 0 Å². The third-order valence-electron chi connectivity index (χ3n) is 12.0. The van der Waals surface area contributed by atoms with Crippen molar-refractivity contribution in [2.45, 2.75) is 52.4 Å². The van der Waals surface area contributed by atoms with Crippen molar-refractivity contribution in [3.05, 3.63) is 151 Å². The molecule has 0 aliphatic rings. The van der Waals surface area contributed by atoms with Gasteiger partial charge in [-0.1, -0.05) is 133 Å². The van der Waals surface area contributed by atoms with E-state index in [9.17, 15) is 0 Å². The number of hydrogen-bond acceptors (Lipinski definition) is 1. The molecule has 0 fully saturated rings. The zero-order valence-corrected chi connectivity index (χ0v) is 32.5. The minimum atomic E-state index is 0.135. The first-order chi connectivity index (χ1) is 26.0. The molecular weight excluding hydrogens is 671 g/mol. The van der Waals surface area contributed by atoms with Gasteiger partial charge >= 0.3 is 0 Å². The Labute approximate surface area is 319 Å². The molecule has 260 valence electrons. The summed E-state index contributed by atoms with van der Waals surface area (Å²) >= 11 is 1.93. The Morgan fingerprint density at radius 1 is 0.407 bits per heavy atom. The van der Waals surface area contributed by atoms with Crippen LogP contribution >= 0.6 is 11.3 Å². The summed E-state index contributed by atoms with van der Waals surface area (Å²) in [6.45, 7) is 13.7. The number of benzene rings is 8. The molecule has 11 rings (SSSR count). The summed E-state index contributed by atoms with van der Waals surface area (Å²) in [5, 5.41) is 13.1. The van der Waals surface area contributed by atoms with Crippen LogP contribution in [0.25, 0.3) is 102 Å². The van der Waals surface area contributed by atoms with Gasteiger partial charge in [-0.05, 0) is 114 Å². The van der Waals surface area contributed by atoms with Crippen molar-refractivity contribution in [1.29, 1.82) is 0 Å². The van der Waals surface area contributed by atoms with Crippen LogP contribution in [0.4, 0.5) is 0 Å². The Morgan fingerprint density at radius 2 is 0.926 bits per heavy atom. The molecule has 0 atom stereocenters. The average Bonchev–Trinajstić information content (AvgIpc) is 3.81. The number of hydrogen-bond donors (Lipinski definition) is 0. The molecule has 0 aliphatic carbocycles. The molecule has 0 unspecified atom stereocenters. The standard InChI is InChI=1S/C52H41NS/c1-51(2,3)38-19-15-30(16-20-38)32-11-13-34-27-45-41(25-36(34)23-32)42-29-43-40-9-7-8-10-47(40)54-50(43)48-44-26-37-24-33(31-17-21-39(22-18-31)52(4,5)6)12-14-35(37)28-46(44)53(45)49(42)48/h7-29H,1-6H3. The maximum absolute atomic E-state index is 2.57. The fraction of sp³-hybridized carbons (Fsp3) is 0.154. The molecule has 0 spiro atoms. The van der Waals surface area contributed by atoms with Crippen LogP contribution in [0.1, 0.15) is 52.7 Å². The molecule has 0 bridgehead atoms. The van der Waals surface area contributed by atoms with Gasteiger partial charge in [-0.3, -0.25) is 0 Å². The molecule has 0 amide bonds. The molecule has 0 saturated heterocycles. The van der Waals surface area contributed by atoms with Gasteiger partial charge in [0, 0.05) is 41.7 Å². The van der Waals surface area contributed by atoms with Crippen molar-refractivity contribution in [2.75, 3.05) is 0 Å². The Morgan fingerprint density at radius 3 is 1.50 bits per heavy atom. The summed E-state index contributed by atoms with van der Waals surface area (Å²) in [4.78, 5) is 0. The normalized spacial score (nSPS) is 13.0. The van der Waals surface area contributed by atoms with Crippen molar-refractivity contribution in [1.82, 2.24) is 4.40 Å². The molecular formula is C52H41NS. The van der Waals surface area contributed by atoms with Crippen LogP contribution in [-0.2, 0) is 10.8 Å². The van der Waals surface area contributed by atoms with Crippen LogP contribution in [0.15, 0.2) is 140 Å². The second kappa shape index (κ2) is 10.9. The van der Waals surface area contributed by atoms with Crippen LogP contribution in [0.3, 0.4) is 0 Å². The smallest absolute Gasteiger partial charge is 0.0635 e. The molecule has 54 heavy (non-hydrogen) atoms. The first-order valence-electron chi connectivity index (χ1n) is 19.2. The molecule has 3 aromatic heterocycles. The van der Waals surface area contributed by atoms with Crippen molar-refractivity contribution in [3.63, 3.8) is 0 Å². The number of thiophene rings is 1. The SMILES string of the molecule is CC(C)(C)c1ccc(-c2ccc3cc4c(cc3c2)c2cc3c5ccccc5sc3c3c5cc6cc(-c7ccc(C(C)(C)C)cc7)ccc6cc5n4c23)cc1. The van der Waals surface area contributed by atoms with E-state index in [1.165, 1.54) is 113 Å². The Balaban J connectivity index is 1.17. The highest BCUT2D eigenvalue weighted by molar-refractivity contribution is 7.26. The van der Waals surface area contributed by atoms with Gasteiger partial charge in [0.15, 0.2) is 0 Å². The maximum atomic E-state index is 2.57. The predicted octanol–water partition coefficient (Wildman–Crippen LogP) is 15.4. The van der Waals surface area contributed by atoms with Gasteiger partial charge in [-0.25, -0.2) is 0 Å². The maximum Gasteiger partial charge on any atom is 0.0635 e. The predicted molar refractivity (Wildman–Crippen MR) is 237 cm³/mol. The van der Waals surface area contributed by atoms with Crippen LogP contribution in [0.5, 0.6) is 0 Å². The summed E-state index contributed by atoms with van der Waals surface area (Å²) in [5.41, 5.74) is 11.9. The van der Waals surface area contributed by atoms with Crippen molar-refractivity contribution in [3.8, 4) is 22.3 Å². The molecule has 0 radical (unpaired) electrons. The summed E-state index contributed by atoms with van der Waals surface area (Å²) in [5.74, 6) is 0. The van der Waals surface area contributed by atoms with E-state index in [0.29, 0.717) is 0 Å². The van der Waals surface area contributed by atoms with Gasteiger partial charge in [0.25, 0.3) is 0 Å². The third-order valence-corrected chi connectivity index (χ3v) is 13.2. The minimum Gasteiger partial charge on any atom is -0.308 e. The Hall–Kier alpha value is -5.70. The highest BCUT2D eigenvalue weighted by atomic mass is 32.1. The van der Waals surface area contributed by atoms with Gasteiger partial charge < -0.3 is 4.40 Å². The molecule has 0 aliphatic heterocycles. The van der Waals surface area contributed by atoms with E-state index < -0.39 is 0 Å². The average molecular weight is 712 g/mol.